The summed E-state index contributed by atoms with van der Waals surface area (Å²) in [5, 5.41) is 3.06. The molecule has 0 bridgehead atoms. The van der Waals surface area contributed by atoms with Crippen LogP contribution in [0.1, 0.15) is 50.4 Å². The smallest absolute Gasteiger partial charge is 0.255 e. The lowest BCUT2D eigenvalue weighted by atomic mass is 9.98. The number of hydrogen-bond acceptors (Lipinski definition) is 2. The second-order valence-corrected chi connectivity index (χ2v) is 8.16. The molecule has 2 aromatic rings. The van der Waals surface area contributed by atoms with Crippen LogP contribution in [0.15, 0.2) is 60.7 Å². The zero-order chi connectivity index (χ0) is 20.3. The molecule has 0 aliphatic carbocycles. The molecule has 4 nitrogen and oxygen atoms in total. The van der Waals surface area contributed by atoms with Crippen molar-refractivity contribution < 1.29 is 9.59 Å². The van der Waals surface area contributed by atoms with Gasteiger partial charge in [-0.2, -0.15) is 0 Å². The van der Waals surface area contributed by atoms with E-state index in [4.69, 9.17) is 0 Å². The molecule has 2 amide bonds. The first-order chi connectivity index (χ1) is 13.3. The first kappa shape index (κ1) is 19.9. The summed E-state index contributed by atoms with van der Waals surface area (Å²) < 4.78 is 0. The Bertz CT molecular complexity index is 894. The molecule has 0 saturated heterocycles. The Morgan fingerprint density at radius 3 is 2.36 bits per heavy atom. The zero-order valence-corrected chi connectivity index (χ0v) is 17.0. The van der Waals surface area contributed by atoms with Crippen LogP contribution in [0.5, 0.6) is 0 Å². The highest BCUT2D eigenvalue weighted by molar-refractivity contribution is 6.21. The summed E-state index contributed by atoms with van der Waals surface area (Å²) in [7, 11) is 0. The maximum absolute atomic E-state index is 13.5. The van der Waals surface area contributed by atoms with Gasteiger partial charge in [0.2, 0.25) is 5.91 Å². The van der Waals surface area contributed by atoms with Crippen LogP contribution in [-0.4, -0.2) is 28.8 Å². The van der Waals surface area contributed by atoms with Gasteiger partial charge in [-0.05, 0) is 50.8 Å². The molecule has 1 atom stereocenters. The van der Waals surface area contributed by atoms with Crippen LogP contribution >= 0.6 is 0 Å². The third kappa shape index (κ3) is 4.16. The highest BCUT2D eigenvalue weighted by atomic mass is 16.2. The molecule has 0 spiro atoms. The van der Waals surface area contributed by atoms with E-state index in [1.165, 1.54) is 0 Å². The molecule has 1 heterocycles. The predicted octanol–water partition coefficient (Wildman–Crippen LogP) is 4.13. The quantitative estimate of drug-likeness (QED) is 0.819. The highest BCUT2D eigenvalue weighted by Crippen LogP contribution is 2.31. The number of carbonyl (C=O) groups excluding carboxylic acids is 2. The van der Waals surface area contributed by atoms with Crippen molar-refractivity contribution in [1.82, 2.24) is 10.2 Å². The van der Waals surface area contributed by atoms with Gasteiger partial charge in [0.1, 0.15) is 6.04 Å². The molecule has 28 heavy (non-hydrogen) atoms. The van der Waals surface area contributed by atoms with Crippen LogP contribution in [0.25, 0.3) is 5.57 Å². The van der Waals surface area contributed by atoms with Gasteiger partial charge in [0.05, 0.1) is 0 Å². The Hall–Kier alpha value is -2.88. The molecule has 4 heteroatoms. The van der Waals surface area contributed by atoms with Crippen molar-refractivity contribution in [1.29, 1.82) is 0 Å². The fraction of sp³-hybridized carbons (Fsp3) is 0.333. The van der Waals surface area contributed by atoms with Gasteiger partial charge >= 0.3 is 0 Å². The minimum Gasteiger partial charge on any atom is -0.349 e. The Morgan fingerprint density at radius 2 is 1.71 bits per heavy atom. The van der Waals surface area contributed by atoms with E-state index in [0.717, 1.165) is 16.7 Å². The average molecular weight is 377 g/mol. The van der Waals surface area contributed by atoms with Gasteiger partial charge < -0.3 is 10.2 Å². The maximum Gasteiger partial charge on any atom is 0.255 e. The summed E-state index contributed by atoms with van der Waals surface area (Å²) in [6.45, 7) is 8.21. The summed E-state index contributed by atoms with van der Waals surface area (Å²) in [6, 6.07) is 16.9. The van der Waals surface area contributed by atoms with Crippen molar-refractivity contribution in [2.45, 2.75) is 45.7 Å². The SMILES string of the molecule is C/C=C1/C(=O)N(C(C(=O)NC(C)(C)C)c2ccccc2)CCc2ccccc21. The molecule has 0 aromatic heterocycles. The molecule has 1 unspecified atom stereocenters. The number of hydrogen-bond donors (Lipinski definition) is 1. The third-order valence-corrected chi connectivity index (χ3v) is 4.88. The van der Waals surface area contributed by atoms with Gasteiger partial charge in [0.15, 0.2) is 0 Å². The molecular formula is C24H28N2O2. The minimum absolute atomic E-state index is 0.106. The van der Waals surface area contributed by atoms with Crippen LogP contribution in [0.3, 0.4) is 0 Å². The second kappa shape index (κ2) is 8.01. The van der Waals surface area contributed by atoms with Crippen molar-refractivity contribution in [3.63, 3.8) is 0 Å². The Kier molecular flexibility index (Phi) is 5.68. The van der Waals surface area contributed by atoms with Crippen LogP contribution < -0.4 is 5.32 Å². The van der Waals surface area contributed by atoms with E-state index in [2.05, 4.69) is 11.4 Å². The van der Waals surface area contributed by atoms with Gasteiger partial charge in [-0.15, -0.1) is 0 Å². The first-order valence-electron chi connectivity index (χ1n) is 9.74. The van der Waals surface area contributed by atoms with Crippen molar-refractivity contribution >= 4 is 17.4 Å². The van der Waals surface area contributed by atoms with E-state index < -0.39 is 6.04 Å². The molecule has 146 valence electrons. The number of fused-ring (bicyclic) bond motifs is 1. The maximum atomic E-state index is 13.5. The molecule has 1 aliphatic rings. The number of allylic oxidation sites excluding steroid dienone is 1. The van der Waals surface area contributed by atoms with E-state index in [1.807, 2.05) is 82.3 Å². The molecule has 1 aliphatic heterocycles. The molecule has 3 rings (SSSR count). The number of nitrogens with zero attached hydrogens (tertiary/aromatic N) is 1. The molecule has 2 aromatic carbocycles. The van der Waals surface area contributed by atoms with Gasteiger partial charge in [-0.1, -0.05) is 60.7 Å². The topological polar surface area (TPSA) is 49.4 Å². The second-order valence-electron chi connectivity index (χ2n) is 8.16. The van der Waals surface area contributed by atoms with Crippen LogP contribution in [0, 0.1) is 0 Å². The van der Waals surface area contributed by atoms with Crippen molar-refractivity contribution in [3.05, 3.63) is 77.4 Å². The zero-order valence-electron chi connectivity index (χ0n) is 17.0. The summed E-state index contributed by atoms with van der Waals surface area (Å²) in [5.41, 5.74) is 3.18. The van der Waals surface area contributed by atoms with Crippen molar-refractivity contribution in [3.8, 4) is 0 Å². The largest absolute Gasteiger partial charge is 0.349 e. The summed E-state index contributed by atoms with van der Waals surface area (Å²) in [5.74, 6) is -0.265. The molecular weight excluding hydrogens is 348 g/mol. The molecule has 0 fully saturated rings. The van der Waals surface area contributed by atoms with Crippen molar-refractivity contribution in [2.75, 3.05) is 6.54 Å². The number of rotatable bonds is 3. The third-order valence-electron chi connectivity index (χ3n) is 4.88. The van der Waals surface area contributed by atoms with E-state index >= 15 is 0 Å². The summed E-state index contributed by atoms with van der Waals surface area (Å²) in [4.78, 5) is 28.5. The van der Waals surface area contributed by atoms with E-state index in [0.29, 0.717) is 18.5 Å². The van der Waals surface area contributed by atoms with Crippen LogP contribution in [0.2, 0.25) is 0 Å². The molecule has 0 saturated carbocycles. The fourth-order valence-electron chi connectivity index (χ4n) is 3.68. The van der Waals surface area contributed by atoms with Gasteiger partial charge in [0, 0.05) is 17.7 Å². The van der Waals surface area contributed by atoms with Crippen LogP contribution in [-0.2, 0) is 16.0 Å². The van der Waals surface area contributed by atoms with E-state index in [-0.39, 0.29) is 17.4 Å². The Labute approximate surface area is 167 Å². The number of carbonyl (C=O) groups is 2. The number of amides is 2. The monoisotopic (exact) mass is 376 g/mol. The lowest BCUT2D eigenvalue weighted by Crippen LogP contribution is -2.49. The van der Waals surface area contributed by atoms with Gasteiger partial charge in [-0.3, -0.25) is 9.59 Å². The molecule has 1 N–H and O–H groups in total. The summed E-state index contributed by atoms with van der Waals surface area (Å²) in [6.07, 6.45) is 2.56. The van der Waals surface area contributed by atoms with Gasteiger partial charge in [-0.25, -0.2) is 0 Å². The van der Waals surface area contributed by atoms with Gasteiger partial charge in [0.25, 0.3) is 5.91 Å². The van der Waals surface area contributed by atoms with Crippen LogP contribution in [0.4, 0.5) is 0 Å². The number of benzene rings is 2. The molecule has 0 radical (unpaired) electrons. The van der Waals surface area contributed by atoms with E-state index in [9.17, 15) is 9.59 Å². The van der Waals surface area contributed by atoms with Crippen molar-refractivity contribution in [2.24, 2.45) is 0 Å². The minimum atomic E-state index is -0.669. The fourth-order valence-corrected chi connectivity index (χ4v) is 3.68. The Balaban J connectivity index is 2.05. The lowest BCUT2D eigenvalue weighted by Gasteiger charge is -2.33. The predicted molar refractivity (Wildman–Crippen MR) is 113 cm³/mol. The van der Waals surface area contributed by atoms with E-state index in [1.54, 1.807) is 4.90 Å². The highest BCUT2D eigenvalue weighted by Gasteiger charge is 2.36. The average Bonchev–Trinajstić information content (AvgIpc) is 2.78. The first-order valence-corrected chi connectivity index (χ1v) is 9.74. The lowest BCUT2D eigenvalue weighted by molar-refractivity contribution is -0.137. The number of nitrogens with one attached hydrogen (secondary N) is 1. The Morgan fingerprint density at radius 1 is 1.07 bits per heavy atom. The summed E-state index contributed by atoms with van der Waals surface area (Å²) >= 11 is 0. The normalized spacial score (nSPS) is 17.1. The standard InChI is InChI=1S/C24H28N2O2/c1-5-19-20-14-10-9-11-17(20)15-16-26(23(19)28)21(18-12-7-6-8-13-18)22(27)25-24(2,3)4/h5-14,21H,15-16H2,1-4H3,(H,25,27)/b19-5+.